The Bertz CT molecular complexity index is 2350. The van der Waals surface area contributed by atoms with Gasteiger partial charge in [0.15, 0.2) is 5.84 Å². The van der Waals surface area contributed by atoms with Crippen molar-refractivity contribution in [1.82, 2.24) is 0 Å². The van der Waals surface area contributed by atoms with Crippen molar-refractivity contribution >= 4 is 17.2 Å². The van der Waals surface area contributed by atoms with E-state index >= 15 is 0 Å². The van der Waals surface area contributed by atoms with Crippen LogP contribution in [0.15, 0.2) is 162 Å². The topological polar surface area (TPSA) is 57.7 Å². The van der Waals surface area contributed by atoms with Gasteiger partial charge in [-0.05, 0) is 64.9 Å². The average molecular weight is 616 g/mol. The minimum atomic E-state index is -0.554. The third-order valence-electron chi connectivity index (χ3n) is 9.69. The lowest BCUT2D eigenvalue weighted by Crippen LogP contribution is -2.32. The highest BCUT2D eigenvalue weighted by Gasteiger charge is 2.51. The molecule has 0 saturated heterocycles. The van der Waals surface area contributed by atoms with Crippen molar-refractivity contribution in [1.29, 1.82) is 5.26 Å². The van der Waals surface area contributed by atoms with Gasteiger partial charge in [-0.1, -0.05) is 127 Å². The molecular weight excluding hydrogens is 587 g/mol. The number of nitrogens with zero attached hydrogens (tertiary/aromatic N) is 3. The van der Waals surface area contributed by atoms with Gasteiger partial charge < -0.3 is 4.74 Å². The van der Waals surface area contributed by atoms with Gasteiger partial charge in [-0.15, -0.1) is 0 Å². The van der Waals surface area contributed by atoms with Crippen molar-refractivity contribution < 1.29 is 4.74 Å². The Labute approximate surface area is 279 Å². The first kappa shape index (κ1) is 28.0. The van der Waals surface area contributed by atoms with Crippen molar-refractivity contribution in [2.75, 3.05) is 0 Å². The average Bonchev–Trinajstić information content (AvgIpc) is 3.43. The molecule has 0 radical (unpaired) electrons. The molecular formula is C44H29N3O. The van der Waals surface area contributed by atoms with Gasteiger partial charge in [-0.2, -0.15) is 5.26 Å². The molecule has 0 fully saturated rings. The molecule has 48 heavy (non-hydrogen) atoms. The van der Waals surface area contributed by atoms with E-state index < -0.39 is 5.41 Å². The molecule has 1 aliphatic carbocycles. The number of hydrogen-bond acceptors (Lipinski definition) is 4. The predicted molar refractivity (Wildman–Crippen MR) is 192 cm³/mol. The zero-order chi connectivity index (χ0) is 32.1. The second kappa shape index (κ2) is 11.2. The van der Waals surface area contributed by atoms with Crippen molar-refractivity contribution in [3.05, 3.63) is 196 Å². The number of aliphatic imine (C=N–C) groups is 2. The summed E-state index contributed by atoms with van der Waals surface area (Å²) >= 11 is 0. The molecule has 2 aliphatic heterocycles. The van der Waals surface area contributed by atoms with Crippen LogP contribution in [0.2, 0.25) is 0 Å². The Balaban J connectivity index is 1.29. The van der Waals surface area contributed by atoms with E-state index in [4.69, 9.17) is 14.7 Å². The number of amidine groups is 1. The first-order valence-electron chi connectivity index (χ1n) is 16.3. The Morgan fingerprint density at radius 1 is 0.583 bits per heavy atom. The van der Waals surface area contributed by atoms with Gasteiger partial charge in [0, 0.05) is 22.3 Å². The quantitative estimate of drug-likeness (QED) is 0.199. The molecule has 1 spiro atoms. The first-order chi connectivity index (χ1) is 23.8. The van der Waals surface area contributed by atoms with Crippen molar-refractivity contribution in [2.24, 2.45) is 9.98 Å². The van der Waals surface area contributed by atoms with Gasteiger partial charge in [0.2, 0.25) is 0 Å². The molecule has 3 aliphatic rings. The number of rotatable bonds is 3. The largest absolute Gasteiger partial charge is 0.456 e. The summed E-state index contributed by atoms with van der Waals surface area (Å²) in [6, 6.07) is 52.4. The van der Waals surface area contributed by atoms with E-state index in [9.17, 15) is 5.26 Å². The lowest BCUT2D eigenvalue weighted by molar-refractivity contribution is 0.435. The summed E-state index contributed by atoms with van der Waals surface area (Å²) in [6.07, 6.45) is 3.71. The molecule has 226 valence electrons. The number of hydrogen-bond donors (Lipinski definition) is 0. The van der Waals surface area contributed by atoms with Gasteiger partial charge in [-0.25, -0.2) is 9.98 Å². The van der Waals surface area contributed by atoms with Crippen molar-refractivity contribution in [3.63, 3.8) is 0 Å². The number of para-hydroxylation sites is 2. The summed E-state index contributed by atoms with van der Waals surface area (Å²) in [6.45, 7) is 0. The van der Waals surface area contributed by atoms with Crippen LogP contribution >= 0.6 is 0 Å². The molecule has 0 unspecified atom stereocenters. The van der Waals surface area contributed by atoms with Crippen LogP contribution in [-0.2, 0) is 5.41 Å². The molecule has 0 atom stereocenters. The fourth-order valence-corrected chi connectivity index (χ4v) is 7.66. The maximum Gasteiger partial charge on any atom is 0.160 e. The van der Waals surface area contributed by atoms with Gasteiger partial charge in [0.1, 0.15) is 11.5 Å². The van der Waals surface area contributed by atoms with Crippen LogP contribution in [0.3, 0.4) is 0 Å². The Kier molecular flexibility index (Phi) is 6.52. The summed E-state index contributed by atoms with van der Waals surface area (Å²) in [5.41, 5.74) is 11.8. The van der Waals surface area contributed by atoms with Crippen molar-refractivity contribution in [3.8, 4) is 28.7 Å². The third-order valence-corrected chi connectivity index (χ3v) is 9.69. The number of fused-ring (bicyclic) bond motifs is 9. The number of benzene rings is 6. The zero-order valence-corrected chi connectivity index (χ0v) is 26.1. The lowest BCUT2D eigenvalue weighted by Gasteiger charge is -2.40. The maximum atomic E-state index is 9.72. The minimum absolute atomic E-state index is 0.554. The van der Waals surface area contributed by atoms with Gasteiger partial charge in [0.05, 0.1) is 28.5 Å². The van der Waals surface area contributed by atoms with Crippen LogP contribution in [0.4, 0.5) is 0 Å². The minimum Gasteiger partial charge on any atom is -0.456 e. The monoisotopic (exact) mass is 615 g/mol. The molecule has 0 bridgehead atoms. The van der Waals surface area contributed by atoms with Crippen molar-refractivity contribution in [2.45, 2.75) is 18.3 Å². The fourth-order valence-electron chi connectivity index (χ4n) is 7.66. The molecule has 9 rings (SSSR count). The Morgan fingerprint density at radius 3 is 1.98 bits per heavy atom. The zero-order valence-electron chi connectivity index (χ0n) is 26.1. The molecule has 6 aromatic rings. The number of allylic oxidation sites excluding steroid dienone is 1. The Hall–Kier alpha value is -6.31. The SMILES string of the molecule is N#Cc1cccc(C2=N/C(c3cccc4c3Oc3ccccc3C43c4ccccc4-c4ccccc43)=C\CC/C(c3ccccc3)=N\2)c1. The van der Waals surface area contributed by atoms with Crippen LogP contribution in [0.25, 0.3) is 16.8 Å². The van der Waals surface area contributed by atoms with Crippen LogP contribution < -0.4 is 4.74 Å². The second-order valence-corrected chi connectivity index (χ2v) is 12.3. The summed E-state index contributed by atoms with van der Waals surface area (Å²) in [4.78, 5) is 10.5. The van der Waals surface area contributed by atoms with Gasteiger partial charge >= 0.3 is 0 Å². The molecule has 0 N–H and O–H groups in total. The molecule has 4 nitrogen and oxygen atoms in total. The van der Waals surface area contributed by atoms with E-state index in [0.29, 0.717) is 11.4 Å². The summed E-state index contributed by atoms with van der Waals surface area (Å²) in [7, 11) is 0. The number of nitriles is 1. The van der Waals surface area contributed by atoms with Gasteiger partial charge in [0.25, 0.3) is 0 Å². The molecule has 2 heterocycles. The third kappa shape index (κ3) is 4.22. The van der Waals surface area contributed by atoms with Gasteiger partial charge in [-0.3, -0.25) is 0 Å². The first-order valence-corrected chi connectivity index (χ1v) is 16.3. The highest BCUT2D eigenvalue weighted by Crippen LogP contribution is 2.62. The highest BCUT2D eigenvalue weighted by atomic mass is 16.5. The summed E-state index contributed by atoms with van der Waals surface area (Å²) in [5.74, 6) is 2.21. The predicted octanol–water partition coefficient (Wildman–Crippen LogP) is 10.1. The van der Waals surface area contributed by atoms with Crippen LogP contribution in [-0.4, -0.2) is 11.5 Å². The molecule has 0 saturated carbocycles. The highest BCUT2D eigenvalue weighted by molar-refractivity contribution is 6.14. The Morgan fingerprint density at radius 2 is 1.21 bits per heavy atom. The van der Waals surface area contributed by atoms with Crippen LogP contribution in [0, 0.1) is 11.3 Å². The lowest BCUT2D eigenvalue weighted by atomic mass is 9.65. The van der Waals surface area contributed by atoms with Crippen LogP contribution in [0.1, 0.15) is 57.3 Å². The summed E-state index contributed by atoms with van der Waals surface area (Å²) in [5, 5.41) is 9.72. The van der Waals surface area contributed by atoms with E-state index in [1.54, 1.807) is 6.07 Å². The fraction of sp³-hybridized carbons (Fsp3) is 0.0682. The van der Waals surface area contributed by atoms with E-state index in [1.165, 1.54) is 22.3 Å². The molecule has 0 aromatic heterocycles. The van der Waals surface area contributed by atoms with E-state index in [1.807, 2.05) is 42.5 Å². The maximum absolute atomic E-state index is 9.72. The molecule has 0 amide bonds. The smallest absolute Gasteiger partial charge is 0.160 e. The summed E-state index contributed by atoms with van der Waals surface area (Å²) < 4.78 is 6.93. The van der Waals surface area contributed by atoms with E-state index in [0.717, 1.165) is 63.6 Å². The standard InChI is InChI=1S/C44H29N3O/c45-28-29-13-10-16-31(27-29)43-46-39(30-14-2-1-3-15-30)24-12-25-40(47-43)34-19-11-23-38-42(34)48-41-26-9-8-22-37(41)44(38)35-20-6-4-17-32(35)33-18-5-7-21-36(33)44/h1-11,13-23,25-27H,12,24H2/b40-25-,46-39+,47-43-. The van der Waals surface area contributed by atoms with E-state index in [2.05, 4.69) is 109 Å². The normalized spacial score (nSPS) is 18.4. The molecule has 4 heteroatoms. The molecule has 6 aromatic carbocycles. The van der Waals surface area contributed by atoms with E-state index in [-0.39, 0.29) is 0 Å². The van der Waals surface area contributed by atoms with Crippen LogP contribution in [0.5, 0.6) is 11.5 Å². The number of ether oxygens (including phenoxy) is 1. The second-order valence-electron chi connectivity index (χ2n) is 12.3.